The molecular formula is C14H21NO4S. The maximum absolute atomic E-state index is 11.8. The van der Waals surface area contributed by atoms with Gasteiger partial charge in [0.05, 0.1) is 9.75 Å². The number of hydrogen-bond donors (Lipinski definition) is 1. The van der Waals surface area contributed by atoms with Crippen molar-refractivity contribution in [1.82, 2.24) is 5.32 Å². The highest BCUT2D eigenvalue weighted by molar-refractivity contribution is 7.15. The molecule has 1 rings (SSSR count). The van der Waals surface area contributed by atoms with Gasteiger partial charge >= 0.3 is 0 Å². The van der Waals surface area contributed by atoms with Gasteiger partial charge in [-0.1, -0.05) is 0 Å². The normalized spacial score (nSPS) is 10.8. The van der Waals surface area contributed by atoms with Gasteiger partial charge in [-0.05, 0) is 32.4 Å². The molecule has 5 nitrogen and oxygen atoms in total. The van der Waals surface area contributed by atoms with Gasteiger partial charge < -0.3 is 14.8 Å². The Morgan fingerprint density at radius 2 is 2.05 bits per heavy atom. The topological polar surface area (TPSA) is 64.6 Å². The molecule has 0 aliphatic carbocycles. The summed E-state index contributed by atoms with van der Waals surface area (Å²) in [6, 6.07) is 3.31. The van der Waals surface area contributed by atoms with Gasteiger partial charge in [0.1, 0.15) is 0 Å². The van der Waals surface area contributed by atoms with E-state index >= 15 is 0 Å². The number of thiophene rings is 1. The lowest BCUT2D eigenvalue weighted by Crippen LogP contribution is -2.25. The second-order valence-corrected chi connectivity index (χ2v) is 5.17. The number of nitrogens with one attached hydrogen (secondary N) is 1. The van der Waals surface area contributed by atoms with Gasteiger partial charge in [-0.15, -0.1) is 11.3 Å². The largest absolute Gasteiger partial charge is 0.353 e. The van der Waals surface area contributed by atoms with Crippen LogP contribution in [0.2, 0.25) is 0 Å². The zero-order valence-electron chi connectivity index (χ0n) is 11.9. The van der Waals surface area contributed by atoms with Crippen LogP contribution in [0.15, 0.2) is 12.1 Å². The van der Waals surface area contributed by atoms with Crippen LogP contribution in [0, 0.1) is 0 Å². The molecule has 0 aliphatic heterocycles. The van der Waals surface area contributed by atoms with Crippen molar-refractivity contribution in [2.45, 2.75) is 33.0 Å². The number of hydrogen-bond acceptors (Lipinski definition) is 5. The Morgan fingerprint density at radius 3 is 2.60 bits per heavy atom. The lowest BCUT2D eigenvalue weighted by Gasteiger charge is -2.16. The van der Waals surface area contributed by atoms with Crippen molar-refractivity contribution in [3.05, 3.63) is 21.9 Å². The Kier molecular flexibility index (Phi) is 8.10. The summed E-state index contributed by atoms with van der Waals surface area (Å²) in [6.45, 7) is 5.63. The Balaban J connectivity index is 2.25. The first kappa shape index (κ1) is 16.8. The summed E-state index contributed by atoms with van der Waals surface area (Å²) >= 11 is 1.19. The second kappa shape index (κ2) is 9.63. The van der Waals surface area contributed by atoms with Crippen molar-refractivity contribution in [3.8, 4) is 0 Å². The quantitative estimate of drug-likeness (QED) is 0.409. The van der Waals surface area contributed by atoms with E-state index in [9.17, 15) is 9.59 Å². The first-order valence-corrected chi connectivity index (χ1v) is 7.59. The third-order valence-electron chi connectivity index (χ3n) is 2.57. The highest BCUT2D eigenvalue weighted by Crippen LogP contribution is 2.14. The molecule has 0 saturated carbocycles. The monoisotopic (exact) mass is 299 g/mol. The minimum atomic E-state index is -0.203. The summed E-state index contributed by atoms with van der Waals surface area (Å²) in [5.74, 6) is -0.146. The molecular weight excluding hydrogens is 278 g/mol. The highest BCUT2D eigenvalue weighted by Gasteiger charge is 2.10. The van der Waals surface area contributed by atoms with Crippen LogP contribution < -0.4 is 5.32 Å². The lowest BCUT2D eigenvalue weighted by atomic mass is 10.3. The number of carbonyl (C=O) groups is 2. The van der Waals surface area contributed by atoms with Crippen LogP contribution in [0.4, 0.5) is 0 Å². The van der Waals surface area contributed by atoms with E-state index in [4.69, 9.17) is 9.47 Å². The molecule has 1 amide bonds. The molecule has 112 valence electrons. The third-order valence-corrected chi connectivity index (χ3v) is 3.58. The van der Waals surface area contributed by atoms with Crippen LogP contribution >= 0.6 is 11.3 Å². The number of ether oxygens (including phenoxy) is 2. The average Bonchev–Trinajstić information content (AvgIpc) is 2.92. The lowest BCUT2D eigenvalue weighted by molar-refractivity contribution is -0.139. The molecule has 0 aromatic carbocycles. The fraction of sp³-hybridized carbons (Fsp3) is 0.571. The third kappa shape index (κ3) is 5.81. The Morgan fingerprint density at radius 1 is 1.35 bits per heavy atom. The molecule has 0 radical (unpaired) electrons. The molecule has 1 N–H and O–H groups in total. The molecule has 0 bridgehead atoms. The molecule has 0 atom stereocenters. The zero-order chi connectivity index (χ0) is 14.8. The number of carbonyl (C=O) groups excluding carboxylic acids is 2. The molecule has 1 aromatic rings. The van der Waals surface area contributed by atoms with Crippen molar-refractivity contribution < 1.29 is 19.1 Å². The van der Waals surface area contributed by atoms with E-state index in [0.29, 0.717) is 29.5 Å². The number of rotatable bonds is 10. The average molecular weight is 299 g/mol. The fourth-order valence-corrected chi connectivity index (χ4v) is 2.42. The Labute approximate surface area is 123 Å². The number of amides is 1. The SMILES string of the molecule is CCOC(CCCNC(=O)c1ccc(C=O)s1)OCC. The molecule has 0 fully saturated rings. The Bertz CT molecular complexity index is 413. The van der Waals surface area contributed by atoms with Gasteiger partial charge in [-0.25, -0.2) is 0 Å². The van der Waals surface area contributed by atoms with E-state index in [2.05, 4.69) is 5.32 Å². The first-order valence-electron chi connectivity index (χ1n) is 6.77. The van der Waals surface area contributed by atoms with Gasteiger partial charge in [0, 0.05) is 26.2 Å². The van der Waals surface area contributed by atoms with Gasteiger partial charge in [-0.3, -0.25) is 9.59 Å². The minimum absolute atomic E-state index is 0.146. The molecule has 6 heteroatoms. The zero-order valence-corrected chi connectivity index (χ0v) is 12.7. The van der Waals surface area contributed by atoms with Gasteiger partial charge in [0.15, 0.2) is 12.6 Å². The highest BCUT2D eigenvalue weighted by atomic mass is 32.1. The van der Waals surface area contributed by atoms with Crippen LogP contribution in [0.1, 0.15) is 46.0 Å². The van der Waals surface area contributed by atoms with E-state index in [1.807, 2.05) is 13.8 Å². The van der Waals surface area contributed by atoms with E-state index in [1.54, 1.807) is 12.1 Å². The molecule has 1 heterocycles. The molecule has 1 aromatic heterocycles. The number of aldehydes is 1. The van der Waals surface area contributed by atoms with Crippen molar-refractivity contribution in [2.75, 3.05) is 19.8 Å². The summed E-state index contributed by atoms with van der Waals surface area (Å²) in [4.78, 5) is 23.5. The maximum atomic E-state index is 11.8. The summed E-state index contributed by atoms with van der Waals surface area (Å²) in [5.41, 5.74) is 0. The van der Waals surface area contributed by atoms with Crippen LogP contribution in [0.25, 0.3) is 0 Å². The van der Waals surface area contributed by atoms with Gasteiger partial charge in [-0.2, -0.15) is 0 Å². The molecule has 0 aliphatic rings. The van der Waals surface area contributed by atoms with Crippen molar-refractivity contribution >= 4 is 23.5 Å². The second-order valence-electron chi connectivity index (χ2n) is 4.06. The standard InChI is InChI=1S/C14H21NO4S/c1-3-18-13(19-4-2)6-5-9-15-14(17)12-8-7-11(10-16)20-12/h7-8,10,13H,3-6,9H2,1-2H3,(H,15,17). The van der Waals surface area contributed by atoms with E-state index in [-0.39, 0.29) is 12.2 Å². The van der Waals surface area contributed by atoms with Crippen LogP contribution in [0.3, 0.4) is 0 Å². The predicted molar refractivity (Wildman–Crippen MR) is 78.3 cm³/mol. The van der Waals surface area contributed by atoms with E-state index in [1.165, 1.54) is 11.3 Å². The summed E-state index contributed by atoms with van der Waals surface area (Å²) in [7, 11) is 0. The first-order chi connectivity index (χ1) is 9.71. The fourth-order valence-electron chi connectivity index (χ4n) is 1.68. The van der Waals surface area contributed by atoms with Gasteiger partial charge in [0.2, 0.25) is 0 Å². The Hall–Kier alpha value is -1.24. The molecule has 0 unspecified atom stereocenters. The van der Waals surface area contributed by atoms with Crippen LogP contribution in [0.5, 0.6) is 0 Å². The van der Waals surface area contributed by atoms with Crippen molar-refractivity contribution in [1.29, 1.82) is 0 Å². The van der Waals surface area contributed by atoms with Crippen LogP contribution in [-0.4, -0.2) is 38.2 Å². The molecule has 0 spiro atoms. The minimum Gasteiger partial charge on any atom is -0.353 e. The van der Waals surface area contributed by atoms with Crippen molar-refractivity contribution in [3.63, 3.8) is 0 Å². The predicted octanol–water partition coefficient (Wildman–Crippen LogP) is 2.47. The molecule has 0 saturated heterocycles. The summed E-state index contributed by atoms with van der Waals surface area (Å²) < 4.78 is 10.8. The van der Waals surface area contributed by atoms with E-state index in [0.717, 1.165) is 19.1 Å². The van der Waals surface area contributed by atoms with Crippen LogP contribution in [-0.2, 0) is 9.47 Å². The summed E-state index contributed by atoms with van der Waals surface area (Å²) in [6.07, 6.45) is 2.06. The summed E-state index contributed by atoms with van der Waals surface area (Å²) in [5, 5.41) is 2.82. The maximum Gasteiger partial charge on any atom is 0.261 e. The molecule has 20 heavy (non-hydrogen) atoms. The van der Waals surface area contributed by atoms with Crippen molar-refractivity contribution in [2.24, 2.45) is 0 Å². The smallest absolute Gasteiger partial charge is 0.261 e. The van der Waals surface area contributed by atoms with E-state index < -0.39 is 0 Å². The van der Waals surface area contributed by atoms with Gasteiger partial charge in [0.25, 0.3) is 5.91 Å².